The van der Waals surface area contributed by atoms with Crippen molar-refractivity contribution in [1.29, 1.82) is 5.41 Å². The first kappa shape index (κ1) is 31.2. The molecule has 2 aromatic rings. The lowest BCUT2D eigenvalue weighted by atomic mass is 10.1. The Labute approximate surface area is 262 Å². The number of anilines is 1. The molecule has 7 rings (SSSR count). The highest BCUT2D eigenvalue weighted by Gasteiger charge is 2.55. The van der Waals surface area contributed by atoms with E-state index in [0.717, 1.165) is 0 Å². The van der Waals surface area contributed by atoms with Gasteiger partial charge in [0.25, 0.3) is 5.91 Å². The molecule has 23 heteroatoms. The van der Waals surface area contributed by atoms with Crippen LogP contribution < -0.4 is 11.1 Å². The number of amides is 1. The van der Waals surface area contributed by atoms with Crippen LogP contribution in [0.15, 0.2) is 35.4 Å². The maximum absolute atomic E-state index is 16.0. The molecule has 45 heavy (non-hydrogen) atoms. The highest BCUT2D eigenvalue weighted by atomic mass is 32.7. The lowest BCUT2D eigenvalue weighted by molar-refractivity contribution is -0.120. The fraction of sp³-hybridized carbons (Fsp3) is 0.500. The van der Waals surface area contributed by atoms with Crippen molar-refractivity contribution in [3.8, 4) is 0 Å². The zero-order valence-electron chi connectivity index (χ0n) is 22.5. The quantitative estimate of drug-likeness (QED) is 0.218. The van der Waals surface area contributed by atoms with Crippen LogP contribution in [0.4, 0.5) is 14.6 Å². The van der Waals surface area contributed by atoms with Gasteiger partial charge in [0.05, 0.1) is 30.6 Å². The number of fused-ring (bicyclic) bond motifs is 5. The molecule has 0 saturated carbocycles. The summed E-state index contributed by atoms with van der Waals surface area (Å²) in [5, 5.41) is 10.6. The third-order valence-corrected chi connectivity index (χ3v) is 10.8. The van der Waals surface area contributed by atoms with E-state index in [9.17, 15) is 14.3 Å². The number of nitrogens with one attached hydrogen (secondary N) is 2. The fourth-order valence-corrected chi connectivity index (χ4v) is 8.51. The predicted octanol–water partition coefficient (Wildman–Crippen LogP) is 1.09. The Morgan fingerprint density at radius 2 is 1.89 bits per heavy atom. The van der Waals surface area contributed by atoms with E-state index >= 15 is 8.78 Å². The molecule has 17 nitrogen and oxygen atoms in total. The first-order valence-corrected chi connectivity index (χ1v) is 18.5. The van der Waals surface area contributed by atoms with Crippen LogP contribution in [0.5, 0.6) is 0 Å². The van der Waals surface area contributed by atoms with Gasteiger partial charge in [0.1, 0.15) is 48.0 Å². The Hall–Kier alpha value is -2.42. The van der Waals surface area contributed by atoms with Crippen molar-refractivity contribution < 1.29 is 50.6 Å². The maximum atomic E-state index is 16.0. The van der Waals surface area contributed by atoms with Crippen molar-refractivity contribution in [3.63, 3.8) is 0 Å². The van der Waals surface area contributed by atoms with Crippen molar-refractivity contribution in [1.82, 2.24) is 24.8 Å². The molecule has 242 valence electrons. The molecule has 1 amide bonds. The first-order chi connectivity index (χ1) is 21.3. The molecule has 2 bridgehead atoms. The number of aromatic nitrogens is 3. The van der Waals surface area contributed by atoms with Gasteiger partial charge in [0.2, 0.25) is 0 Å². The molecule has 5 N–H and O–H groups in total. The summed E-state index contributed by atoms with van der Waals surface area (Å²) in [6, 6.07) is 0.518. The van der Waals surface area contributed by atoms with Gasteiger partial charge in [-0.05, 0) is 17.9 Å². The number of nitrogens with two attached hydrogens (primary N) is 1. The molecular formula is C22H24F2N8O9P2S2. The number of halogens is 2. The summed E-state index contributed by atoms with van der Waals surface area (Å²) in [4.78, 5) is 36.7. The van der Waals surface area contributed by atoms with E-state index in [-0.39, 0.29) is 23.0 Å². The van der Waals surface area contributed by atoms with Crippen molar-refractivity contribution in [2.24, 2.45) is 4.99 Å². The smallest absolute Gasteiger partial charge is 0.383 e. The molecule has 7 heterocycles. The average molecular weight is 709 g/mol. The van der Waals surface area contributed by atoms with E-state index in [1.165, 1.54) is 34.4 Å². The van der Waals surface area contributed by atoms with E-state index in [1.807, 2.05) is 0 Å². The number of rotatable bonds is 2. The van der Waals surface area contributed by atoms with Gasteiger partial charge < -0.3 is 39.4 Å². The molecule has 0 spiro atoms. The fourth-order valence-electron chi connectivity index (χ4n) is 5.62. The number of aliphatic imine (C=N–C) groups is 1. The number of nitrogens with zero attached hydrogens (tertiary/aromatic N) is 5. The number of hydrogen-bond acceptors (Lipinski definition) is 15. The molecule has 0 aliphatic carbocycles. The molecule has 5 aliphatic rings. The Balaban J connectivity index is 1.17. The van der Waals surface area contributed by atoms with Crippen LogP contribution in [0.2, 0.25) is 0 Å². The van der Waals surface area contributed by atoms with Crippen LogP contribution in [0.3, 0.4) is 0 Å². The molecule has 3 saturated heterocycles. The van der Waals surface area contributed by atoms with Crippen LogP contribution in [-0.2, 0) is 48.7 Å². The Kier molecular flexibility index (Phi) is 7.89. The lowest BCUT2D eigenvalue weighted by Crippen LogP contribution is -2.48. The number of alkyl halides is 2. The number of carbonyl (C=O) groups excluding carboxylic acids is 1. The number of nitrogen functional groups attached to an aromatic ring is 1. The van der Waals surface area contributed by atoms with Gasteiger partial charge >= 0.3 is 13.5 Å². The van der Waals surface area contributed by atoms with Gasteiger partial charge in [-0.3, -0.25) is 28.8 Å². The van der Waals surface area contributed by atoms with Crippen molar-refractivity contribution in [3.05, 3.63) is 30.4 Å². The van der Waals surface area contributed by atoms with Crippen LogP contribution in [0, 0.1) is 5.41 Å². The molecule has 3 fully saturated rings. The summed E-state index contributed by atoms with van der Waals surface area (Å²) in [7, 11) is 0. The monoisotopic (exact) mass is 708 g/mol. The van der Waals surface area contributed by atoms with Gasteiger partial charge in [-0.15, -0.1) is 0 Å². The molecule has 2 aromatic heterocycles. The number of amidine groups is 1. The second-order valence-corrected chi connectivity index (χ2v) is 16.1. The van der Waals surface area contributed by atoms with Gasteiger partial charge in [-0.25, -0.2) is 23.3 Å². The zero-order chi connectivity index (χ0) is 31.8. The minimum Gasteiger partial charge on any atom is -0.383 e. The predicted molar refractivity (Wildman–Crippen MR) is 157 cm³/mol. The van der Waals surface area contributed by atoms with Crippen LogP contribution in [0.1, 0.15) is 6.23 Å². The Bertz CT molecular complexity index is 1740. The van der Waals surface area contributed by atoms with Crippen molar-refractivity contribution in [2.45, 2.75) is 55.3 Å². The Morgan fingerprint density at radius 1 is 1.13 bits per heavy atom. The van der Waals surface area contributed by atoms with E-state index in [1.54, 1.807) is 6.07 Å². The van der Waals surface area contributed by atoms with E-state index < -0.39 is 87.9 Å². The van der Waals surface area contributed by atoms with E-state index in [2.05, 4.69) is 32.5 Å². The summed E-state index contributed by atoms with van der Waals surface area (Å²) in [6.45, 7) is -10.1. The molecule has 0 radical (unpaired) electrons. The second kappa shape index (κ2) is 11.4. The van der Waals surface area contributed by atoms with Crippen molar-refractivity contribution in [2.75, 3.05) is 18.9 Å². The second-order valence-electron chi connectivity index (χ2n) is 10.5. The molecule has 0 aromatic carbocycles. The molecular weight excluding hydrogens is 684 g/mol. The SMILES string of the molecule is N=C1C=C2C(N=CN2[C@@H]2O[C@@H]3COP(O)(=S)O[C@H]4[C@H](F)[C@H](n5ccc6c(N)ncnc65)O[C@@H]4COP(=O)(S)O[C@@H]2[C@@H]3F)C(=O)N1. The Morgan fingerprint density at radius 3 is 2.69 bits per heavy atom. The van der Waals surface area contributed by atoms with Crippen LogP contribution in [0.25, 0.3) is 11.0 Å². The van der Waals surface area contributed by atoms with Gasteiger partial charge in [-0.1, -0.05) is 12.2 Å². The third-order valence-electron chi connectivity index (χ3n) is 7.65. The lowest BCUT2D eigenvalue weighted by Gasteiger charge is -2.32. The molecule has 5 aliphatic heterocycles. The van der Waals surface area contributed by atoms with E-state index in [0.29, 0.717) is 5.39 Å². The van der Waals surface area contributed by atoms with Crippen LogP contribution in [-0.4, -0.2) is 105 Å². The topological polar surface area (TPSA) is 218 Å². The molecule has 11 atom stereocenters. The number of carbonyl (C=O) groups is 1. The van der Waals surface area contributed by atoms with E-state index in [4.69, 9.17) is 50.5 Å². The average Bonchev–Trinajstić information content (AvgIpc) is 3.72. The largest absolute Gasteiger partial charge is 0.386 e. The first-order valence-electron chi connectivity index (χ1n) is 13.2. The summed E-state index contributed by atoms with van der Waals surface area (Å²) in [5.74, 6) is -0.678. The van der Waals surface area contributed by atoms with Gasteiger partial charge in [0, 0.05) is 12.3 Å². The number of ether oxygens (including phenoxy) is 2. The normalized spacial score (nSPS) is 42.0. The van der Waals surface area contributed by atoms with Crippen LogP contribution >= 0.6 is 25.8 Å². The zero-order valence-corrected chi connectivity index (χ0v) is 26.0. The standard InChI is InChI=1S/C22H24F2N8O9P2S2/c23-13-10-4-36-42(34,44)40-16-11(39-21(14(16)24)31-2-1-8-18(26)27-6-28-19(8)31)5-37-43(35,45)41-17(13)22(38-10)32-7-29-15-9(32)3-12(25)30-20(15)33/h1-3,6-7,10-11,13-17,21-22H,4-5H2,(H,34,44)(H,35,45)(H2,25,30,33)(H2,26,27,28)/t10-,11-,13-,14+,15?,16-,17-,21-,22-,42?,43?/m1/s1. The highest BCUT2D eigenvalue weighted by molar-refractivity contribution is 8.44. The summed E-state index contributed by atoms with van der Waals surface area (Å²) in [5.41, 5.74) is 6.32. The molecule has 3 unspecified atom stereocenters. The minimum absolute atomic E-state index is 0.153. The van der Waals surface area contributed by atoms with Crippen molar-refractivity contribution >= 4 is 72.5 Å². The highest BCUT2D eigenvalue weighted by Crippen LogP contribution is 2.58. The summed E-state index contributed by atoms with van der Waals surface area (Å²) >= 11 is 9.15. The van der Waals surface area contributed by atoms with Gasteiger partial charge in [0.15, 0.2) is 30.8 Å². The number of hydrogen-bond donors (Lipinski definition) is 5. The minimum atomic E-state index is -4.46. The summed E-state index contributed by atoms with van der Waals surface area (Å²) in [6.07, 6.45) is -7.82. The maximum Gasteiger partial charge on any atom is 0.386 e. The summed E-state index contributed by atoms with van der Waals surface area (Å²) < 4.78 is 80.4. The van der Waals surface area contributed by atoms with Gasteiger partial charge in [-0.2, -0.15) is 0 Å². The number of thiol groups is 1. The third kappa shape index (κ3) is 5.63.